The molecule has 3 heterocycles. The predicted molar refractivity (Wildman–Crippen MR) is 126 cm³/mol. The van der Waals surface area contributed by atoms with Crippen LogP contribution in [0.25, 0.3) is 11.1 Å². The number of carbonyl (C=O) groups is 3. The minimum absolute atomic E-state index is 0.0264. The maximum Gasteiger partial charge on any atom is 0.354 e. The smallest absolute Gasteiger partial charge is 0.354 e. The Balaban J connectivity index is 1.70. The minimum Gasteiger partial charge on any atom is -0.465 e. The summed E-state index contributed by atoms with van der Waals surface area (Å²) in [5, 5.41) is 0.667. The molecule has 0 spiro atoms. The SMILES string of the molecule is COCn1c(C(=O)OC)cc2cc(C3C4=C(CC(C)(C)CC4=O)OC4=C3C(=O)CC(C)(C)C4)oc21. The van der Waals surface area contributed by atoms with Gasteiger partial charge in [-0.15, -0.1) is 0 Å². The van der Waals surface area contributed by atoms with Crippen LogP contribution in [0.5, 0.6) is 0 Å². The summed E-state index contributed by atoms with van der Waals surface area (Å²) in [6, 6.07) is 3.48. The first-order valence-electron chi connectivity index (χ1n) is 11.9. The second-order valence-electron chi connectivity index (χ2n) is 11.4. The fourth-order valence-corrected chi connectivity index (χ4v) is 5.70. The van der Waals surface area contributed by atoms with Crippen molar-refractivity contribution in [2.75, 3.05) is 14.2 Å². The highest BCUT2D eigenvalue weighted by Gasteiger charge is 2.49. The molecule has 186 valence electrons. The number of hydrogen-bond donors (Lipinski definition) is 0. The van der Waals surface area contributed by atoms with Crippen LogP contribution in [0.4, 0.5) is 0 Å². The summed E-state index contributed by atoms with van der Waals surface area (Å²) in [7, 11) is 2.84. The van der Waals surface area contributed by atoms with Crippen LogP contribution in [0.1, 0.15) is 75.5 Å². The quantitative estimate of drug-likeness (QED) is 0.565. The fourth-order valence-electron chi connectivity index (χ4n) is 5.70. The number of aromatic nitrogens is 1. The van der Waals surface area contributed by atoms with Crippen LogP contribution in [-0.4, -0.2) is 36.3 Å². The molecule has 2 aromatic rings. The molecule has 0 atom stereocenters. The van der Waals surface area contributed by atoms with Gasteiger partial charge in [0.05, 0.1) is 13.0 Å². The average molecular weight is 482 g/mol. The normalized spacial score (nSPS) is 21.8. The molecule has 2 aromatic heterocycles. The summed E-state index contributed by atoms with van der Waals surface area (Å²) in [5.41, 5.74) is 1.28. The standard InChI is InChI=1S/C27H31NO7/c1-26(2)9-16(29)21-19(11-26)34-20-12-27(3,4)10-17(30)22(20)23(21)18-8-14-7-15(25(31)33-6)28(13-32-5)24(14)35-18/h7-8,23H,9-13H2,1-6H3. The zero-order valence-corrected chi connectivity index (χ0v) is 21.1. The number of ether oxygens (including phenoxy) is 3. The Morgan fingerprint density at radius 2 is 1.54 bits per heavy atom. The molecule has 0 saturated heterocycles. The van der Waals surface area contributed by atoms with Crippen molar-refractivity contribution in [1.82, 2.24) is 4.57 Å². The Morgan fingerprint density at radius 1 is 0.971 bits per heavy atom. The third kappa shape index (κ3) is 3.84. The van der Waals surface area contributed by atoms with Crippen molar-refractivity contribution in [3.8, 4) is 0 Å². The number of carbonyl (C=O) groups excluding carboxylic acids is 3. The van der Waals surface area contributed by atoms with Gasteiger partial charge in [0.25, 0.3) is 0 Å². The molecule has 0 aromatic carbocycles. The molecule has 3 aliphatic rings. The van der Waals surface area contributed by atoms with Crippen LogP contribution in [0.3, 0.4) is 0 Å². The van der Waals surface area contributed by atoms with E-state index in [-0.39, 0.29) is 29.1 Å². The predicted octanol–water partition coefficient (Wildman–Crippen LogP) is 5.03. The van der Waals surface area contributed by atoms with E-state index in [2.05, 4.69) is 27.7 Å². The largest absolute Gasteiger partial charge is 0.465 e. The van der Waals surface area contributed by atoms with Crippen molar-refractivity contribution >= 4 is 28.6 Å². The van der Waals surface area contributed by atoms with Crippen molar-refractivity contribution in [1.29, 1.82) is 0 Å². The molecule has 0 amide bonds. The minimum atomic E-state index is -0.633. The van der Waals surface area contributed by atoms with Crippen molar-refractivity contribution in [2.24, 2.45) is 10.8 Å². The molecule has 0 fully saturated rings. The first-order valence-corrected chi connectivity index (χ1v) is 11.9. The number of nitrogens with zero attached hydrogens (tertiary/aromatic N) is 1. The highest BCUT2D eigenvalue weighted by molar-refractivity contribution is 6.06. The van der Waals surface area contributed by atoms with Crippen LogP contribution in [-0.2, 0) is 30.5 Å². The van der Waals surface area contributed by atoms with E-state index in [1.165, 1.54) is 14.2 Å². The molecule has 0 unspecified atom stereocenters. The van der Waals surface area contributed by atoms with Gasteiger partial charge >= 0.3 is 5.97 Å². The van der Waals surface area contributed by atoms with Gasteiger partial charge in [0.1, 0.15) is 29.7 Å². The molecule has 35 heavy (non-hydrogen) atoms. The highest BCUT2D eigenvalue weighted by atomic mass is 16.5. The summed E-state index contributed by atoms with van der Waals surface area (Å²) < 4.78 is 24.4. The molecule has 5 rings (SSSR count). The lowest BCUT2D eigenvalue weighted by Gasteiger charge is -2.42. The first-order chi connectivity index (χ1) is 16.4. The number of esters is 1. The van der Waals surface area contributed by atoms with E-state index in [0.717, 1.165) is 0 Å². The van der Waals surface area contributed by atoms with E-state index in [9.17, 15) is 14.4 Å². The Labute approximate surface area is 203 Å². The van der Waals surface area contributed by atoms with Crippen LogP contribution in [0.15, 0.2) is 39.2 Å². The first kappa shape index (κ1) is 23.6. The molecule has 8 nitrogen and oxygen atoms in total. The molecule has 2 aliphatic carbocycles. The highest BCUT2D eigenvalue weighted by Crippen LogP contribution is 2.53. The molecular weight excluding hydrogens is 450 g/mol. The lowest BCUT2D eigenvalue weighted by Crippen LogP contribution is -2.37. The molecule has 0 saturated carbocycles. The number of ketones is 2. The van der Waals surface area contributed by atoms with Gasteiger partial charge in [-0.1, -0.05) is 27.7 Å². The van der Waals surface area contributed by atoms with E-state index < -0.39 is 11.9 Å². The zero-order chi connectivity index (χ0) is 25.3. The lowest BCUT2D eigenvalue weighted by atomic mass is 9.66. The number of methoxy groups -OCH3 is 2. The van der Waals surface area contributed by atoms with E-state index in [1.54, 1.807) is 16.7 Å². The second-order valence-corrected chi connectivity index (χ2v) is 11.4. The van der Waals surface area contributed by atoms with Crippen LogP contribution >= 0.6 is 0 Å². The third-order valence-corrected chi connectivity index (χ3v) is 7.11. The Hall–Kier alpha value is -3.13. The number of furan rings is 1. The van der Waals surface area contributed by atoms with E-state index >= 15 is 0 Å². The van der Waals surface area contributed by atoms with Crippen molar-refractivity contribution < 1.29 is 33.0 Å². The van der Waals surface area contributed by atoms with E-state index in [0.29, 0.717) is 70.9 Å². The van der Waals surface area contributed by atoms with Crippen molar-refractivity contribution in [2.45, 2.75) is 66.0 Å². The van der Waals surface area contributed by atoms with Crippen molar-refractivity contribution in [3.63, 3.8) is 0 Å². The third-order valence-electron chi connectivity index (χ3n) is 7.11. The summed E-state index contributed by atoms with van der Waals surface area (Å²) in [4.78, 5) is 39.2. The van der Waals surface area contributed by atoms with E-state index in [1.807, 2.05) is 0 Å². The Bertz CT molecular complexity index is 1280. The van der Waals surface area contributed by atoms with Crippen LogP contribution in [0, 0.1) is 10.8 Å². The molecule has 1 aliphatic heterocycles. The lowest BCUT2D eigenvalue weighted by molar-refractivity contribution is -0.120. The number of fused-ring (bicyclic) bond motifs is 1. The topological polar surface area (TPSA) is 97.0 Å². The Kier molecular flexibility index (Phi) is 5.36. The summed E-state index contributed by atoms with van der Waals surface area (Å²) in [6.07, 6.45) is 1.96. The van der Waals surface area contributed by atoms with Gasteiger partial charge in [-0.2, -0.15) is 0 Å². The molecule has 8 heteroatoms. The number of hydrogen-bond acceptors (Lipinski definition) is 7. The number of rotatable bonds is 4. The van der Waals surface area contributed by atoms with Gasteiger partial charge in [-0.3, -0.25) is 14.2 Å². The van der Waals surface area contributed by atoms with Crippen LogP contribution in [0.2, 0.25) is 0 Å². The Morgan fingerprint density at radius 3 is 2.06 bits per heavy atom. The van der Waals surface area contributed by atoms with Gasteiger partial charge < -0.3 is 18.6 Å². The maximum atomic E-state index is 13.4. The monoisotopic (exact) mass is 481 g/mol. The van der Waals surface area contributed by atoms with Gasteiger partial charge in [0, 0.05) is 49.3 Å². The fraction of sp³-hybridized carbons (Fsp3) is 0.519. The zero-order valence-electron chi connectivity index (χ0n) is 21.1. The molecule has 0 N–H and O–H groups in total. The maximum absolute atomic E-state index is 13.4. The van der Waals surface area contributed by atoms with Gasteiger partial charge in [0.15, 0.2) is 11.6 Å². The van der Waals surface area contributed by atoms with E-state index in [4.69, 9.17) is 18.6 Å². The van der Waals surface area contributed by atoms with Gasteiger partial charge in [-0.25, -0.2) is 4.79 Å². The second kappa shape index (κ2) is 7.95. The van der Waals surface area contributed by atoms with Crippen LogP contribution < -0.4 is 0 Å². The summed E-state index contributed by atoms with van der Waals surface area (Å²) >= 11 is 0. The number of Topliss-reactive ketones (excluding diaryl/α,β-unsaturated/α-hetero) is 2. The van der Waals surface area contributed by atoms with Crippen molar-refractivity contribution in [3.05, 3.63) is 46.3 Å². The van der Waals surface area contributed by atoms with Gasteiger partial charge in [0.2, 0.25) is 5.71 Å². The average Bonchev–Trinajstić information content (AvgIpc) is 3.29. The molecular formula is C27H31NO7. The summed E-state index contributed by atoms with van der Waals surface area (Å²) in [6.45, 7) is 8.29. The molecule has 0 radical (unpaired) electrons. The summed E-state index contributed by atoms with van der Waals surface area (Å²) in [5.74, 6) is 0.563. The number of allylic oxidation sites excluding steroid dienone is 4. The molecule has 0 bridgehead atoms. The van der Waals surface area contributed by atoms with Gasteiger partial charge in [-0.05, 0) is 23.0 Å².